The van der Waals surface area contributed by atoms with E-state index in [0.717, 1.165) is 0 Å². The molecule has 1 amide bonds. The lowest BCUT2D eigenvalue weighted by atomic mass is 9.96. The minimum absolute atomic E-state index is 0.106. The van der Waals surface area contributed by atoms with Crippen LogP contribution in [0.4, 0.5) is 23.7 Å². The Balaban J connectivity index is 1.92. The third kappa shape index (κ3) is 3.99. The number of alkyl halides is 3. The molecule has 1 aliphatic heterocycles. The van der Waals surface area contributed by atoms with Crippen LogP contribution in [0.5, 0.6) is 0 Å². The van der Waals surface area contributed by atoms with E-state index in [0.29, 0.717) is 25.5 Å². The Labute approximate surface area is 161 Å². The number of rotatable bonds is 2. The average molecular weight is 449 g/mol. The molecule has 0 fully saturated rings. The Morgan fingerprint density at radius 2 is 1.96 bits per heavy atom. The van der Waals surface area contributed by atoms with Crippen molar-refractivity contribution in [2.75, 3.05) is 4.90 Å². The van der Waals surface area contributed by atoms with Gasteiger partial charge in [-0.25, -0.2) is 4.79 Å². The Bertz CT molecular complexity index is 814. The van der Waals surface area contributed by atoms with Crippen LogP contribution in [0, 0.1) is 0 Å². The zero-order valence-electron chi connectivity index (χ0n) is 13.4. The molecule has 1 atom stereocenters. The molecule has 138 valence electrons. The standard InChI is InChI=1S/C18H14BrClF3NO2/c19-13-9-15-12(8-14(13)20)6-7-16(18(21,22)23)24(15)17(25)26-10-11-4-2-1-3-5-11/h1-5,8-9,16H,6-7,10H2. The molecule has 0 N–H and O–H groups in total. The highest BCUT2D eigenvalue weighted by Gasteiger charge is 2.49. The quantitative estimate of drug-likeness (QED) is 0.554. The van der Waals surface area contributed by atoms with Crippen molar-refractivity contribution >= 4 is 39.3 Å². The van der Waals surface area contributed by atoms with Gasteiger partial charge in [-0.2, -0.15) is 13.2 Å². The first-order valence-corrected chi connectivity index (χ1v) is 8.99. The van der Waals surface area contributed by atoms with Crippen LogP contribution >= 0.6 is 27.5 Å². The van der Waals surface area contributed by atoms with E-state index in [1.165, 1.54) is 6.07 Å². The van der Waals surface area contributed by atoms with Crippen LogP contribution in [0.15, 0.2) is 46.9 Å². The van der Waals surface area contributed by atoms with E-state index in [1.807, 2.05) is 0 Å². The van der Waals surface area contributed by atoms with Crippen molar-refractivity contribution < 1.29 is 22.7 Å². The molecule has 8 heteroatoms. The van der Waals surface area contributed by atoms with E-state index in [4.69, 9.17) is 16.3 Å². The molecule has 0 aromatic heterocycles. The first-order chi connectivity index (χ1) is 12.3. The summed E-state index contributed by atoms with van der Waals surface area (Å²) in [5.41, 5.74) is 1.43. The van der Waals surface area contributed by atoms with Crippen LogP contribution in [0.2, 0.25) is 5.02 Å². The zero-order valence-corrected chi connectivity index (χ0v) is 15.7. The second-order valence-corrected chi connectivity index (χ2v) is 7.16. The van der Waals surface area contributed by atoms with Crippen molar-refractivity contribution in [2.24, 2.45) is 0 Å². The first kappa shape index (κ1) is 19.0. The van der Waals surface area contributed by atoms with Gasteiger partial charge in [0.1, 0.15) is 12.6 Å². The average Bonchev–Trinajstić information content (AvgIpc) is 2.60. The molecule has 3 nitrogen and oxygen atoms in total. The summed E-state index contributed by atoms with van der Waals surface area (Å²) in [7, 11) is 0. The van der Waals surface area contributed by atoms with E-state index in [-0.39, 0.29) is 25.1 Å². The largest absolute Gasteiger partial charge is 0.444 e. The minimum Gasteiger partial charge on any atom is -0.444 e. The lowest BCUT2D eigenvalue weighted by Gasteiger charge is -2.37. The molecule has 0 spiro atoms. The molecule has 0 saturated heterocycles. The van der Waals surface area contributed by atoms with E-state index in [9.17, 15) is 18.0 Å². The molecule has 3 rings (SSSR count). The van der Waals surface area contributed by atoms with E-state index in [2.05, 4.69) is 15.9 Å². The number of nitrogens with zero attached hydrogens (tertiary/aromatic N) is 1. The summed E-state index contributed by atoms with van der Waals surface area (Å²) in [5, 5.41) is 0.381. The van der Waals surface area contributed by atoms with Gasteiger partial charge in [0.15, 0.2) is 0 Å². The summed E-state index contributed by atoms with van der Waals surface area (Å²) in [5.74, 6) is 0. The number of aryl methyl sites for hydroxylation is 1. The molecule has 2 aromatic rings. The molecular weight excluding hydrogens is 435 g/mol. The van der Waals surface area contributed by atoms with Crippen molar-refractivity contribution in [3.8, 4) is 0 Å². The van der Waals surface area contributed by atoms with E-state index < -0.39 is 18.3 Å². The molecule has 2 aromatic carbocycles. The number of hydrogen-bond donors (Lipinski definition) is 0. The number of anilines is 1. The Morgan fingerprint density at radius 3 is 2.62 bits per heavy atom. The highest BCUT2D eigenvalue weighted by atomic mass is 79.9. The van der Waals surface area contributed by atoms with E-state index in [1.54, 1.807) is 36.4 Å². The Kier molecular flexibility index (Phi) is 5.48. The monoisotopic (exact) mass is 447 g/mol. The van der Waals surface area contributed by atoms with Gasteiger partial charge in [-0.05, 0) is 52.0 Å². The maximum Gasteiger partial charge on any atom is 0.415 e. The van der Waals surface area contributed by atoms with Crippen molar-refractivity contribution in [2.45, 2.75) is 31.7 Å². The topological polar surface area (TPSA) is 29.5 Å². The number of halogens is 5. The van der Waals surface area contributed by atoms with Gasteiger partial charge in [0.25, 0.3) is 0 Å². The SMILES string of the molecule is O=C(OCc1ccccc1)N1c2cc(Br)c(Cl)cc2CCC1C(F)(F)F. The second-order valence-electron chi connectivity index (χ2n) is 5.90. The smallest absolute Gasteiger partial charge is 0.415 e. The van der Waals surface area contributed by atoms with Crippen LogP contribution in [-0.2, 0) is 17.8 Å². The minimum atomic E-state index is -4.56. The summed E-state index contributed by atoms with van der Waals surface area (Å²) in [6.45, 7) is -0.106. The van der Waals surface area contributed by atoms with Gasteiger partial charge in [-0.3, -0.25) is 4.90 Å². The summed E-state index contributed by atoms with van der Waals surface area (Å²) in [6, 6.07) is 9.85. The highest BCUT2D eigenvalue weighted by Crippen LogP contribution is 2.41. The summed E-state index contributed by atoms with van der Waals surface area (Å²) in [4.78, 5) is 13.2. The first-order valence-electron chi connectivity index (χ1n) is 7.82. The number of benzene rings is 2. The molecule has 0 radical (unpaired) electrons. The van der Waals surface area contributed by atoms with Crippen LogP contribution in [0.3, 0.4) is 0 Å². The zero-order chi connectivity index (χ0) is 18.9. The maximum atomic E-state index is 13.5. The number of hydrogen-bond acceptors (Lipinski definition) is 2. The number of amides is 1. The molecular formula is C18H14BrClF3NO2. The van der Waals surface area contributed by atoms with Crippen molar-refractivity contribution in [3.05, 3.63) is 63.1 Å². The van der Waals surface area contributed by atoms with Gasteiger partial charge in [0.05, 0.1) is 10.7 Å². The fourth-order valence-electron chi connectivity index (χ4n) is 2.92. The predicted octanol–water partition coefficient (Wildman–Crippen LogP) is 6.12. The summed E-state index contributed by atoms with van der Waals surface area (Å²) < 4.78 is 46.1. The molecule has 0 aliphatic carbocycles. The lowest BCUT2D eigenvalue weighted by molar-refractivity contribution is -0.150. The van der Waals surface area contributed by atoms with Crippen molar-refractivity contribution in [3.63, 3.8) is 0 Å². The molecule has 26 heavy (non-hydrogen) atoms. The normalized spacial score (nSPS) is 17.0. The molecule has 0 saturated carbocycles. The number of ether oxygens (including phenoxy) is 1. The number of carbonyl (C=O) groups is 1. The van der Waals surface area contributed by atoms with Gasteiger partial charge in [0, 0.05) is 4.47 Å². The molecule has 0 bridgehead atoms. The third-order valence-corrected chi connectivity index (χ3v) is 5.36. The van der Waals surface area contributed by atoms with E-state index >= 15 is 0 Å². The Morgan fingerprint density at radius 1 is 1.27 bits per heavy atom. The van der Waals surface area contributed by atoms with Crippen LogP contribution in [-0.4, -0.2) is 18.3 Å². The Hall–Kier alpha value is -1.73. The number of carbonyl (C=O) groups excluding carboxylic acids is 1. The molecule has 1 heterocycles. The fraction of sp³-hybridized carbons (Fsp3) is 0.278. The lowest BCUT2D eigenvalue weighted by Crippen LogP contribution is -2.51. The molecule has 1 aliphatic rings. The van der Waals surface area contributed by atoms with Gasteiger partial charge in [-0.15, -0.1) is 0 Å². The van der Waals surface area contributed by atoms with Crippen molar-refractivity contribution in [1.82, 2.24) is 0 Å². The van der Waals surface area contributed by atoms with Gasteiger partial charge in [0.2, 0.25) is 0 Å². The predicted molar refractivity (Wildman–Crippen MR) is 96.4 cm³/mol. The maximum absolute atomic E-state index is 13.5. The third-order valence-electron chi connectivity index (χ3n) is 4.16. The van der Waals surface area contributed by atoms with Crippen LogP contribution in [0.25, 0.3) is 0 Å². The molecule has 1 unspecified atom stereocenters. The van der Waals surface area contributed by atoms with Crippen LogP contribution < -0.4 is 4.90 Å². The summed E-state index contributed by atoms with van der Waals surface area (Å²) in [6.07, 6.45) is -5.66. The summed E-state index contributed by atoms with van der Waals surface area (Å²) >= 11 is 9.24. The van der Waals surface area contributed by atoms with Gasteiger partial charge < -0.3 is 4.74 Å². The highest BCUT2D eigenvalue weighted by molar-refractivity contribution is 9.10. The van der Waals surface area contributed by atoms with Gasteiger partial charge in [-0.1, -0.05) is 41.9 Å². The van der Waals surface area contributed by atoms with Gasteiger partial charge >= 0.3 is 12.3 Å². The number of fused-ring (bicyclic) bond motifs is 1. The van der Waals surface area contributed by atoms with Crippen molar-refractivity contribution in [1.29, 1.82) is 0 Å². The van der Waals surface area contributed by atoms with Crippen LogP contribution in [0.1, 0.15) is 17.5 Å². The second kappa shape index (κ2) is 7.48. The fourth-order valence-corrected chi connectivity index (χ4v) is 3.43.